The van der Waals surface area contributed by atoms with Crippen LogP contribution in [0.15, 0.2) is 66.9 Å². The topological polar surface area (TPSA) is 80.7 Å². The van der Waals surface area contributed by atoms with E-state index in [9.17, 15) is 4.79 Å². The largest absolute Gasteiger partial charge is 0.495 e. The Balaban J connectivity index is 1.66. The molecule has 8 nitrogen and oxygen atoms in total. The highest BCUT2D eigenvalue weighted by Crippen LogP contribution is 2.45. The number of nitrogens with zero attached hydrogens (tertiary/aromatic N) is 3. The van der Waals surface area contributed by atoms with Crippen molar-refractivity contribution in [1.82, 2.24) is 14.9 Å². The molecule has 0 radical (unpaired) electrons. The highest BCUT2D eigenvalue weighted by atomic mass is 35.5. The van der Waals surface area contributed by atoms with Crippen LogP contribution in [0.25, 0.3) is 5.69 Å². The van der Waals surface area contributed by atoms with E-state index < -0.39 is 0 Å². The number of methoxy groups -OCH3 is 2. The zero-order chi connectivity index (χ0) is 29.3. The van der Waals surface area contributed by atoms with E-state index in [-0.39, 0.29) is 24.6 Å². The van der Waals surface area contributed by atoms with Crippen molar-refractivity contribution < 1.29 is 14.3 Å². The van der Waals surface area contributed by atoms with Gasteiger partial charge in [0, 0.05) is 41.1 Å². The van der Waals surface area contributed by atoms with Crippen molar-refractivity contribution in [2.75, 3.05) is 31.0 Å². The van der Waals surface area contributed by atoms with E-state index in [0.29, 0.717) is 21.6 Å². The quantitative estimate of drug-likeness (QED) is 0.236. The summed E-state index contributed by atoms with van der Waals surface area (Å²) < 4.78 is 12.8. The minimum atomic E-state index is -0.284. The number of rotatable bonds is 8. The van der Waals surface area contributed by atoms with E-state index in [0.717, 1.165) is 39.6 Å². The van der Waals surface area contributed by atoms with E-state index >= 15 is 0 Å². The number of amides is 1. The van der Waals surface area contributed by atoms with Crippen LogP contribution >= 0.6 is 23.8 Å². The fourth-order valence-corrected chi connectivity index (χ4v) is 6.00. The summed E-state index contributed by atoms with van der Waals surface area (Å²) in [5.41, 5.74) is 7.56. The Bertz CT molecular complexity index is 1610. The number of ether oxygens (including phenoxy) is 2. The highest BCUT2D eigenvalue weighted by molar-refractivity contribution is 7.80. The number of nitrogens with one attached hydrogen (secondary N) is 2. The van der Waals surface area contributed by atoms with Crippen LogP contribution in [0.2, 0.25) is 5.02 Å². The number of anilines is 2. The summed E-state index contributed by atoms with van der Waals surface area (Å²) in [6.07, 6.45) is 1.79. The van der Waals surface area contributed by atoms with Crippen LogP contribution in [0.3, 0.4) is 0 Å². The Hall–Kier alpha value is -3.92. The summed E-state index contributed by atoms with van der Waals surface area (Å²) in [5, 5.41) is 7.63. The summed E-state index contributed by atoms with van der Waals surface area (Å²) in [6.45, 7) is 6.21. The number of carbonyl (C=O) groups is 1. The fraction of sp³-hybridized carbons (Fsp3) is 0.258. The molecular weight excluding hydrogens is 558 g/mol. The van der Waals surface area contributed by atoms with Gasteiger partial charge in [-0.25, -0.2) is 0 Å². The molecule has 1 saturated heterocycles. The van der Waals surface area contributed by atoms with Gasteiger partial charge in [0.25, 0.3) is 0 Å². The molecule has 4 aromatic rings. The van der Waals surface area contributed by atoms with Gasteiger partial charge < -0.3 is 29.6 Å². The monoisotopic (exact) mass is 589 g/mol. The van der Waals surface area contributed by atoms with Crippen molar-refractivity contribution >= 4 is 46.2 Å². The fourth-order valence-electron chi connectivity index (χ4n) is 5.49. The lowest BCUT2D eigenvalue weighted by Gasteiger charge is -2.29. The SMILES string of the molecule is COCC(=O)Nc1cc(N2C(=S)N[C@@H](c3ccccn3)[C@@H]2c2cc(C)n(-c3cc(Cl)ccc3C)c2C)ccc1OC. The Labute approximate surface area is 250 Å². The molecule has 0 saturated carbocycles. The van der Waals surface area contributed by atoms with Crippen molar-refractivity contribution in [2.45, 2.75) is 32.9 Å². The summed E-state index contributed by atoms with van der Waals surface area (Å²) in [7, 11) is 3.04. The van der Waals surface area contributed by atoms with Crippen LogP contribution in [-0.2, 0) is 9.53 Å². The molecule has 212 valence electrons. The van der Waals surface area contributed by atoms with Crippen molar-refractivity contribution in [3.05, 3.63) is 100 Å². The maximum absolute atomic E-state index is 12.4. The summed E-state index contributed by atoms with van der Waals surface area (Å²) in [5.74, 6) is 0.247. The second-order valence-electron chi connectivity index (χ2n) is 9.96. The Morgan fingerprint density at radius 3 is 2.61 bits per heavy atom. The van der Waals surface area contributed by atoms with Gasteiger partial charge in [0.15, 0.2) is 5.11 Å². The summed E-state index contributed by atoms with van der Waals surface area (Å²) in [4.78, 5) is 19.2. The zero-order valence-corrected chi connectivity index (χ0v) is 25.1. The van der Waals surface area contributed by atoms with Crippen molar-refractivity contribution in [3.8, 4) is 11.4 Å². The summed E-state index contributed by atoms with van der Waals surface area (Å²) >= 11 is 12.4. The number of pyridine rings is 1. The van der Waals surface area contributed by atoms with E-state index in [1.165, 1.54) is 7.11 Å². The standard InChI is InChI=1S/C31H32ClN5O3S/c1-18-9-10-21(32)15-26(18)36-19(2)14-23(20(36)3)30-29(24-8-6-7-13-33-24)35-31(41)37(30)22-11-12-27(40-5)25(16-22)34-28(38)17-39-4/h6-16,29-30H,17H2,1-5H3,(H,34,38)(H,35,41)/t29-,30-/m0/s1. The van der Waals surface area contributed by atoms with Gasteiger partial charge in [-0.15, -0.1) is 0 Å². The second kappa shape index (κ2) is 11.9. The van der Waals surface area contributed by atoms with Crippen LogP contribution in [0, 0.1) is 20.8 Å². The second-order valence-corrected chi connectivity index (χ2v) is 10.8. The van der Waals surface area contributed by atoms with E-state index in [1.54, 1.807) is 13.3 Å². The van der Waals surface area contributed by atoms with Gasteiger partial charge in [-0.2, -0.15) is 0 Å². The third-order valence-corrected chi connectivity index (χ3v) is 7.86. The molecule has 10 heteroatoms. The minimum Gasteiger partial charge on any atom is -0.495 e. The Kier molecular flexibility index (Phi) is 8.30. The van der Waals surface area contributed by atoms with Gasteiger partial charge >= 0.3 is 0 Å². The smallest absolute Gasteiger partial charge is 0.250 e. The van der Waals surface area contributed by atoms with E-state index in [2.05, 4.69) is 51.9 Å². The lowest BCUT2D eigenvalue weighted by Crippen LogP contribution is -2.29. The van der Waals surface area contributed by atoms with Crippen LogP contribution in [0.4, 0.5) is 11.4 Å². The minimum absolute atomic E-state index is 0.0731. The average Bonchev–Trinajstić information content (AvgIpc) is 3.45. The highest BCUT2D eigenvalue weighted by Gasteiger charge is 2.42. The first-order chi connectivity index (χ1) is 19.7. The molecule has 0 spiro atoms. The molecule has 0 aliphatic carbocycles. The summed E-state index contributed by atoms with van der Waals surface area (Å²) in [6, 6.07) is 19.2. The molecule has 2 atom stereocenters. The number of hydrogen-bond acceptors (Lipinski definition) is 5. The normalized spacial score (nSPS) is 16.5. The van der Waals surface area contributed by atoms with Crippen molar-refractivity contribution in [1.29, 1.82) is 0 Å². The number of carbonyl (C=O) groups excluding carboxylic acids is 1. The zero-order valence-electron chi connectivity index (χ0n) is 23.6. The predicted molar refractivity (Wildman–Crippen MR) is 166 cm³/mol. The molecule has 3 heterocycles. The lowest BCUT2D eigenvalue weighted by atomic mass is 9.96. The third-order valence-electron chi connectivity index (χ3n) is 7.31. The Morgan fingerprint density at radius 1 is 1.10 bits per heavy atom. The van der Waals surface area contributed by atoms with Gasteiger partial charge in [-0.3, -0.25) is 9.78 Å². The van der Waals surface area contributed by atoms with Gasteiger partial charge in [0.1, 0.15) is 12.4 Å². The van der Waals surface area contributed by atoms with Crippen molar-refractivity contribution in [3.63, 3.8) is 0 Å². The number of thiocarbonyl (C=S) groups is 1. The molecule has 1 aliphatic heterocycles. The molecule has 1 aliphatic rings. The predicted octanol–water partition coefficient (Wildman–Crippen LogP) is 6.22. The Morgan fingerprint density at radius 2 is 1.90 bits per heavy atom. The molecule has 2 aromatic heterocycles. The van der Waals surface area contributed by atoms with Gasteiger partial charge in [-0.1, -0.05) is 23.7 Å². The molecule has 2 aromatic carbocycles. The van der Waals surface area contributed by atoms with Crippen LogP contribution in [-0.4, -0.2) is 41.4 Å². The molecular formula is C31H32ClN5O3S. The van der Waals surface area contributed by atoms with Gasteiger partial charge in [0.2, 0.25) is 5.91 Å². The van der Waals surface area contributed by atoms with E-state index in [1.807, 2.05) is 54.6 Å². The van der Waals surface area contributed by atoms with Gasteiger partial charge in [-0.05, 0) is 92.6 Å². The molecule has 0 unspecified atom stereocenters. The average molecular weight is 590 g/mol. The van der Waals surface area contributed by atoms with E-state index in [4.69, 9.17) is 33.3 Å². The van der Waals surface area contributed by atoms with Gasteiger partial charge in [0.05, 0.1) is 30.6 Å². The first-order valence-electron chi connectivity index (χ1n) is 13.2. The van der Waals surface area contributed by atoms with Crippen molar-refractivity contribution in [2.24, 2.45) is 0 Å². The molecule has 1 amide bonds. The first-order valence-corrected chi connectivity index (χ1v) is 13.9. The molecule has 2 N–H and O–H groups in total. The van der Waals surface area contributed by atoms with Crippen LogP contribution < -0.4 is 20.3 Å². The molecule has 0 bridgehead atoms. The molecule has 41 heavy (non-hydrogen) atoms. The van der Waals surface area contributed by atoms with Crippen LogP contribution in [0.5, 0.6) is 5.75 Å². The third kappa shape index (κ3) is 5.53. The number of benzene rings is 2. The maximum atomic E-state index is 12.4. The first kappa shape index (κ1) is 28.6. The molecule has 1 fully saturated rings. The number of hydrogen-bond donors (Lipinski definition) is 2. The number of aryl methyl sites for hydroxylation is 2. The lowest BCUT2D eigenvalue weighted by molar-refractivity contribution is -0.119. The number of aromatic nitrogens is 2. The maximum Gasteiger partial charge on any atom is 0.250 e. The van der Waals surface area contributed by atoms with Crippen LogP contribution in [0.1, 0.15) is 40.3 Å². The molecule has 5 rings (SSSR count). The number of halogens is 1.